The van der Waals surface area contributed by atoms with Gasteiger partial charge in [-0.25, -0.2) is 0 Å². The Morgan fingerprint density at radius 3 is 2.30 bits per heavy atom. The fourth-order valence-electron chi connectivity index (χ4n) is 0.441. The lowest BCUT2D eigenvalue weighted by Gasteiger charge is -2.17. The molecule has 0 aliphatic heterocycles. The molecule has 0 spiro atoms. The summed E-state index contributed by atoms with van der Waals surface area (Å²) >= 11 is 0. The number of hydrogen-bond acceptors (Lipinski definition) is 2. The second-order valence-corrected chi connectivity index (χ2v) is 3.08. The molecule has 0 saturated heterocycles. The molecule has 0 amide bonds. The molecule has 2 nitrogen and oxygen atoms in total. The van der Waals surface area contributed by atoms with Crippen LogP contribution >= 0.6 is 0 Å². The molecule has 2 heteroatoms. The summed E-state index contributed by atoms with van der Waals surface area (Å²) in [6.45, 7) is 6.66. The highest BCUT2D eigenvalue weighted by Gasteiger charge is 2.07. The number of aliphatic hydroxyl groups is 1. The smallest absolute Gasteiger partial charge is 0.0655 e. The van der Waals surface area contributed by atoms with Crippen LogP contribution in [0.25, 0.3) is 0 Å². The zero-order valence-corrected chi connectivity index (χ0v) is 6.92. The molecule has 0 aliphatic rings. The van der Waals surface area contributed by atoms with Gasteiger partial charge in [-0.15, -0.1) is 0 Å². The highest BCUT2D eigenvalue weighted by atomic mass is 16.5. The molecule has 0 aromatic heterocycles. The van der Waals surface area contributed by atoms with Gasteiger partial charge in [0.25, 0.3) is 0 Å². The SMILES string of the molecule is CC(C)(C)OC/C=C/CO. The summed E-state index contributed by atoms with van der Waals surface area (Å²) in [4.78, 5) is 0. The van der Waals surface area contributed by atoms with Crippen LogP contribution in [0.4, 0.5) is 0 Å². The lowest BCUT2D eigenvalue weighted by molar-refractivity contribution is 0.0148. The lowest BCUT2D eigenvalue weighted by atomic mass is 10.2. The maximum Gasteiger partial charge on any atom is 0.0655 e. The van der Waals surface area contributed by atoms with Crippen molar-refractivity contribution in [2.45, 2.75) is 26.4 Å². The third-order valence-electron chi connectivity index (χ3n) is 0.885. The van der Waals surface area contributed by atoms with Crippen molar-refractivity contribution in [2.24, 2.45) is 0 Å². The van der Waals surface area contributed by atoms with Gasteiger partial charge in [-0.05, 0) is 20.8 Å². The first-order valence-corrected chi connectivity index (χ1v) is 3.46. The van der Waals surface area contributed by atoms with Crippen molar-refractivity contribution in [3.63, 3.8) is 0 Å². The predicted octanol–water partition coefficient (Wildman–Crippen LogP) is 1.35. The van der Waals surface area contributed by atoms with Crippen molar-refractivity contribution < 1.29 is 9.84 Å². The Morgan fingerprint density at radius 2 is 1.90 bits per heavy atom. The summed E-state index contributed by atoms with van der Waals surface area (Å²) in [6.07, 6.45) is 3.48. The number of rotatable bonds is 3. The van der Waals surface area contributed by atoms with Crippen molar-refractivity contribution in [3.8, 4) is 0 Å². The van der Waals surface area contributed by atoms with Gasteiger partial charge in [-0.2, -0.15) is 0 Å². The first-order chi connectivity index (χ1) is 4.56. The van der Waals surface area contributed by atoms with Gasteiger partial charge in [0.1, 0.15) is 0 Å². The molecule has 0 radical (unpaired) electrons. The van der Waals surface area contributed by atoms with E-state index >= 15 is 0 Å². The zero-order chi connectivity index (χ0) is 8.04. The quantitative estimate of drug-likeness (QED) is 0.606. The Kier molecular flexibility index (Phi) is 4.32. The summed E-state index contributed by atoms with van der Waals surface area (Å²) < 4.78 is 5.33. The Bertz CT molecular complexity index is 100. The molecule has 0 atom stereocenters. The van der Waals surface area contributed by atoms with E-state index in [1.165, 1.54) is 0 Å². The predicted molar refractivity (Wildman–Crippen MR) is 41.9 cm³/mol. The average molecular weight is 144 g/mol. The maximum atomic E-state index is 8.35. The zero-order valence-electron chi connectivity index (χ0n) is 6.92. The third kappa shape index (κ3) is 7.66. The van der Waals surface area contributed by atoms with Crippen LogP contribution in [-0.4, -0.2) is 23.9 Å². The number of hydrogen-bond donors (Lipinski definition) is 1. The molecule has 0 aliphatic carbocycles. The highest BCUT2D eigenvalue weighted by Crippen LogP contribution is 2.05. The van der Waals surface area contributed by atoms with E-state index in [0.29, 0.717) is 6.61 Å². The minimum Gasteiger partial charge on any atom is -0.392 e. The van der Waals surface area contributed by atoms with E-state index in [1.807, 2.05) is 26.8 Å². The maximum absolute atomic E-state index is 8.35. The van der Waals surface area contributed by atoms with Crippen LogP contribution in [0.15, 0.2) is 12.2 Å². The average Bonchev–Trinajstić information content (AvgIpc) is 1.78. The second kappa shape index (κ2) is 4.47. The van der Waals surface area contributed by atoms with Gasteiger partial charge in [0.15, 0.2) is 0 Å². The van der Waals surface area contributed by atoms with E-state index < -0.39 is 0 Å². The van der Waals surface area contributed by atoms with E-state index in [4.69, 9.17) is 9.84 Å². The van der Waals surface area contributed by atoms with E-state index in [0.717, 1.165) is 0 Å². The van der Waals surface area contributed by atoms with Crippen molar-refractivity contribution >= 4 is 0 Å². The Hall–Kier alpha value is -0.340. The first kappa shape index (κ1) is 9.66. The van der Waals surface area contributed by atoms with Gasteiger partial charge >= 0.3 is 0 Å². The highest BCUT2D eigenvalue weighted by molar-refractivity contribution is 4.81. The van der Waals surface area contributed by atoms with Gasteiger partial charge < -0.3 is 9.84 Å². The van der Waals surface area contributed by atoms with Crippen LogP contribution in [0.1, 0.15) is 20.8 Å². The third-order valence-corrected chi connectivity index (χ3v) is 0.885. The van der Waals surface area contributed by atoms with Crippen LogP contribution in [-0.2, 0) is 4.74 Å². The molecule has 1 N–H and O–H groups in total. The largest absolute Gasteiger partial charge is 0.392 e. The van der Waals surface area contributed by atoms with Crippen LogP contribution < -0.4 is 0 Å². The van der Waals surface area contributed by atoms with Gasteiger partial charge in [-0.1, -0.05) is 12.2 Å². The molecule has 0 aromatic rings. The van der Waals surface area contributed by atoms with Gasteiger partial charge in [-0.3, -0.25) is 0 Å². The van der Waals surface area contributed by atoms with Crippen molar-refractivity contribution in [1.29, 1.82) is 0 Å². The Balaban J connectivity index is 3.28. The van der Waals surface area contributed by atoms with Gasteiger partial charge in [0, 0.05) is 0 Å². The molecular formula is C8H16O2. The summed E-state index contributed by atoms with van der Waals surface area (Å²) in [6, 6.07) is 0. The molecule has 0 aromatic carbocycles. The van der Waals surface area contributed by atoms with Crippen LogP contribution in [0, 0.1) is 0 Å². The van der Waals surface area contributed by atoms with Crippen LogP contribution in [0.3, 0.4) is 0 Å². The van der Waals surface area contributed by atoms with Crippen molar-refractivity contribution in [3.05, 3.63) is 12.2 Å². The normalized spacial score (nSPS) is 12.8. The van der Waals surface area contributed by atoms with Gasteiger partial charge in [0.2, 0.25) is 0 Å². The summed E-state index contributed by atoms with van der Waals surface area (Å²) in [5, 5.41) is 8.35. The molecule has 0 bridgehead atoms. The molecule has 0 unspecified atom stereocenters. The molecule has 0 rings (SSSR count). The van der Waals surface area contributed by atoms with E-state index in [-0.39, 0.29) is 12.2 Å². The van der Waals surface area contributed by atoms with Crippen molar-refractivity contribution in [2.75, 3.05) is 13.2 Å². The minimum atomic E-state index is -0.0835. The first-order valence-electron chi connectivity index (χ1n) is 3.46. The monoisotopic (exact) mass is 144 g/mol. The number of aliphatic hydroxyl groups excluding tert-OH is 1. The Morgan fingerprint density at radius 1 is 1.30 bits per heavy atom. The molecule has 60 valence electrons. The lowest BCUT2D eigenvalue weighted by Crippen LogP contribution is -2.18. The molecule has 0 heterocycles. The van der Waals surface area contributed by atoms with E-state index in [2.05, 4.69) is 0 Å². The van der Waals surface area contributed by atoms with E-state index in [9.17, 15) is 0 Å². The standard InChI is InChI=1S/C8H16O2/c1-8(2,3)10-7-5-4-6-9/h4-5,9H,6-7H2,1-3H3/b5-4+. The summed E-state index contributed by atoms with van der Waals surface area (Å²) in [5.74, 6) is 0. The molecule has 10 heavy (non-hydrogen) atoms. The molecule has 0 fully saturated rings. The molecule has 0 saturated carbocycles. The fourth-order valence-corrected chi connectivity index (χ4v) is 0.441. The van der Waals surface area contributed by atoms with Crippen LogP contribution in [0.5, 0.6) is 0 Å². The topological polar surface area (TPSA) is 29.5 Å². The van der Waals surface area contributed by atoms with Gasteiger partial charge in [0.05, 0.1) is 18.8 Å². The Labute approximate surface area is 62.5 Å². The summed E-state index contributed by atoms with van der Waals surface area (Å²) in [7, 11) is 0. The second-order valence-electron chi connectivity index (χ2n) is 3.08. The van der Waals surface area contributed by atoms with E-state index in [1.54, 1.807) is 6.08 Å². The van der Waals surface area contributed by atoms with Crippen LogP contribution in [0.2, 0.25) is 0 Å². The van der Waals surface area contributed by atoms with Crippen molar-refractivity contribution in [1.82, 2.24) is 0 Å². The summed E-state index contributed by atoms with van der Waals surface area (Å²) in [5.41, 5.74) is -0.0835. The fraction of sp³-hybridized carbons (Fsp3) is 0.750. The minimum absolute atomic E-state index is 0.0835. The number of ether oxygens (including phenoxy) is 1. The molecular weight excluding hydrogens is 128 g/mol.